The number of hydrogen-bond donors (Lipinski definition) is 2. The lowest BCUT2D eigenvalue weighted by atomic mass is 10.1. The minimum atomic E-state index is -0.337. The Kier molecular flexibility index (Phi) is 4.58. The predicted molar refractivity (Wildman–Crippen MR) is 61.8 cm³/mol. The molecule has 16 heavy (non-hydrogen) atoms. The van der Waals surface area contributed by atoms with Crippen LogP contribution in [0.15, 0.2) is 18.2 Å². The number of benzene rings is 1. The monoisotopic (exact) mass is 243 g/mol. The number of aliphatic hydroxyl groups is 1. The van der Waals surface area contributed by atoms with E-state index in [1.165, 1.54) is 23.1 Å². The lowest BCUT2D eigenvalue weighted by molar-refractivity contribution is 0.0729. The number of rotatable bonds is 4. The molecule has 1 rings (SSSR count). The van der Waals surface area contributed by atoms with E-state index in [1.807, 2.05) is 0 Å². The molecule has 0 aromatic heterocycles. The van der Waals surface area contributed by atoms with E-state index in [-0.39, 0.29) is 30.4 Å². The average Bonchev–Trinajstić information content (AvgIpc) is 2.28. The topological polar surface area (TPSA) is 60.8 Å². The third-order valence-electron chi connectivity index (χ3n) is 2.23. The maximum absolute atomic E-state index is 11.9. The summed E-state index contributed by atoms with van der Waals surface area (Å²) >= 11 is 5.75. The summed E-state index contributed by atoms with van der Waals surface area (Å²) in [5.41, 5.74) is 0.155. The van der Waals surface area contributed by atoms with Gasteiger partial charge in [-0.3, -0.25) is 4.79 Å². The summed E-state index contributed by atoms with van der Waals surface area (Å²) in [6, 6.07) is 4.30. The first-order valence-electron chi connectivity index (χ1n) is 4.98. The van der Waals surface area contributed by atoms with Crippen LogP contribution in [0.2, 0.25) is 5.02 Å². The summed E-state index contributed by atoms with van der Waals surface area (Å²) < 4.78 is 0. The van der Waals surface area contributed by atoms with Crippen molar-refractivity contribution in [3.8, 4) is 5.75 Å². The van der Waals surface area contributed by atoms with Gasteiger partial charge in [0.15, 0.2) is 0 Å². The van der Waals surface area contributed by atoms with Crippen molar-refractivity contribution in [1.82, 2.24) is 4.90 Å². The van der Waals surface area contributed by atoms with Gasteiger partial charge in [0.05, 0.1) is 12.2 Å². The normalized spacial score (nSPS) is 10.2. The number of carbonyl (C=O) groups is 1. The predicted octanol–water partition coefficient (Wildman–Crippen LogP) is 1.50. The van der Waals surface area contributed by atoms with Crippen LogP contribution in [0.25, 0.3) is 0 Å². The number of aromatic hydroxyl groups is 1. The number of halogens is 1. The van der Waals surface area contributed by atoms with Crippen molar-refractivity contribution in [1.29, 1.82) is 0 Å². The molecule has 1 amide bonds. The van der Waals surface area contributed by atoms with Crippen LogP contribution in [0.5, 0.6) is 5.75 Å². The van der Waals surface area contributed by atoms with Crippen LogP contribution in [0.3, 0.4) is 0 Å². The molecule has 1 aromatic carbocycles. The summed E-state index contributed by atoms with van der Waals surface area (Å²) in [7, 11) is 0. The van der Waals surface area contributed by atoms with Crippen molar-refractivity contribution >= 4 is 17.5 Å². The fourth-order valence-corrected chi connectivity index (χ4v) is 1.55. The van der Waals surface area contributed by atoms with E-state index in [1.54, 1.807) is 6.92 Å². The van der Waals surface area contributed by atoms with Crippen molar-refractivity contribution < 1.29 is 15.0 Å². The molecule has 5 heteroatoms. The Morgan fingerprint density at radius 2 is 2.19 bits per heavy atom. The lowest BCUT2D eigenvalue weighted by Gasteiger charge is -2.20. The van der Waals surface area contributed by atoms with Gasteiger partial charge in [0.2, 0.25) is 0 Å². The molecule has 0 bridgehead atoms. The van der Waals surface area contributed by atoms with Crippen molar-refractivity contribution in [2.45, 2.75) is 6.92 Å². The van der Waals surface area contributed by atoms with Gasteiger partial charge in [-0.2, -0.15) is 0 Å². The van der Waals surface area contributed by atoms with E-state index in [4.69, 9.17) is 16.7 Å². The molecule has 0 unspecified atom stereocenters. The highest BCUT2D eigenvalue weighted by molar-refractivity contribution is 6.31. The minimum Gasteiger partial charge on any atom is -0.507 e. The highest BCUT2D eigenvalue weighted by atomic mass is 35.5. The zero-order chi connectivity index (χ0) is 12.1. The number of aliphatic hydroxyl groups excluding tert-OH is 1. The van der Waals surface area contributed by atoms with Crippen molar-refractivity contribution in [2.24, 2.45) is 0 Å². The van der Waals surface area contributed by atoms with Crippen LogP contribution in [0.4, 0.5) is 0 Å². The SMILES string of the molecule is CCN(CCO)C(=O)c1cc(Cl)ccc1O. The summed E-state index contributed by atoms with van der Waals surface area (Å²) in [5, 5.41) is 18.7. The minimum absolute atomic E-state index is 0.106. The Morgan fingerprint density at radius 1 is 1.50 bits per heavy atom. The number of carbonyl (C=O) groups excluding carboxylic acids is 1. The van der Waals surface area contributed by atoms with E-state index in [9.17, 15) is 9.90 Å². The molecule has 0 fully saturated rings. The summed E-state index contributed by atoms with van der Waals surface area (Å²) in [6.45, 7) is 2.39. The number of hydrogen-bond acceptors (Lipinski definition) is 3. The molecule has 0 heterocycles. The molecule has 0 aliphatic carbocycles. The fraction of sp³-hybridized carbons (Fsp3) is 0.364. The van der Waals surface area contributed by atoms with Gasteiger partial charge in [-0.25, -0.2) is 0 Å². The lowest BCUT2D eigenvalue weighted by Crippen LogP contribution is -2.33. The maximum atomic E-state index is 11.9. The van der Waals surface area contributed by atoms with Crippen molar-refractivity contribution in [2.75, 3.05) is 19.7 Å². The van der Waals surface area contributed by atoms with Gasteiger partial charge >= 0.3 is 0 Å². The summed E-state index contributed by atoms with van der Waals surface area (Å²) in [6.07, 6.45) is 0. The molecule has 0 aliphatic rings. The highest BCUT2D eigenvalue weighted by Gasteiger charge is 2.17. The number of phenolic OH excluding ortho intramolecular Hbond substituents is 1. The maximum Gasteiger partial charge on any atom is 0.257 e. The van der Waals surface area contributed by atoms with Gasteiger partial charge in [-0.15, -0.1) is 0 Å². The molecular formula is C11H14ClNO3. The number of phenols is 1. The van der Waals surface area contributed by atoms with Gasteiger partial charge < -0.3 is 15.1 Å². The number of amides is 1. The third kappa shape index (κ3) is 2.87. The van der Waals surface area contributed by atoms with Crippen molar-refractivity contribution in [3.63, 3.8) is 0 Å². The summed E-state index contributed by atoms with van der Waals surface area (Å²) in [4.78, 5) is 13.4. The zero-order valence-corrected chi connectivity index (χ0v) is 9.74. The smallest absolute Gasteiger partial charge is 0.257 e. The number of likely N-dealkylation sites (N-methyl/N-ethyl adjacent to an activating group) is 1. The largest absolute Gasteiger partial charge is 0.507 e. The van der Waals surface area contributed by atoms with Crippen LogP contribution in [0.1, 0.15) is 17.3 Å². The van der Waals surface area contributed by atoms with E-state index in [0.29, 0.717) is 11.6 Å². The van der Waals surface area contributed by atoms with E-state index in [2.05, 4.69) is 0 Å². The highest BCUT2D eigenvalue weighted by Crippen LogP contribution is 2.22. The Balaban J connectivity index is 2.98. The first-order valence-corrected chi connectivity index (χ1v) is 5.36. The van der Waals surface area contributed by atoms with Crippen LogP contribution >= 0.6 is 11.6 Å². The standard InChI is InChI=1S/C11H14ClNO3/c1-2-13(5-6-14)11(16)9-7-8(12)3-4-10(9)15/h3-4,7,14-15H,2,5-6H2,1H3. The average molecular weight is 244 g/mol. The Labute approximate surface area is 99.1 Å². The molecule has 1 aromatic rings. The van der Waals surface area contributed by atoms with Gasteiger partial charge in [0, 0.05) is 18.1 Å². The van der Waals surface area contributed by atoms with E-state index >= 15 is 0 Å². The molecule has 88 valence electrons. The third-order valence-corrected chi connectivity index (χ3v) is 2.46. The van der Waals surface area contributed by atoms with Crippen LogP contribution in [-0.4, -0.2) is 40.7 Å². The molecule has 0 atom stereocenters. The van der Waals surface area contributed by atoms with Gasteiger partial charge in [-0.05, 0) is 25.1 Å². The van der Waals surface area contributed by atoms with Gasteiger partial charge in [0.25, 0.3) is 5.91 Å². The Morgan fingerprint density at radius 3 is 2.75 bits per heavy atom. The number of nitrogens with zero attached hydrogens (tertiary/aromatic N) is 1. The second kappa shape index (κ2) is 5.72. The first kappa shape index (κ1) is 12.8. The zero-order valence-electron chi connectivity index (χ0n) is 8.98. The molecule has 2 N–H and O–H groups in total. The molecule has 0 aliphatic heterocycles. The Hall–Kier alpha value is -1.26. The molecule has 0 spiro atoms. The molecular weight excluding hydrogens is 230 g/mol. The molecule has 0 saturated carbocycles. The second-order valence-corrected chi connectivity index (χ2v) is 3.71. The van der Waals surface area contributed by atoms with Crippen LogP contribution in [0, 0.1) is 0 Å². The van der Waals surface area contributed by atoms with Crippen molar-refractivity contribution in [3.05, 3.63) is 28.8 Å². The van der Waals surface area contributed by atoms with Gasteiger partial charge in [-0.1, -0.05) is 11.6 Å². The second-order valence-electron chi connectivity index (χ2n) is 3.27. The summed E-state index contributed by atoms with van der Waals surface area (Å²) in [5.74, 6) is -0.442. The molecule has 0 saturated heterocycles. The van der Waals surface area contributed by atoms with Crippen LogP contribution in [-0.2, 0) is 0 Å². The quantitative estimate of drug-likeness (QED) is 0.843. The fourth-order valence-electron chi connectivity index (χ4n) is 1.37. The van der Waals surface area contributed by atoms with E-state index in [0.717, 1.165) is 0 Å². The van der Waals surface area contributed by atoms with Gasteiger partial charge in [0.1, 0.15) is 5.75 Å². The molecule has 0 radical (unpaired) electrons. The van der Waals surface area contributed by atoms with E-state index < -0.39 is 0 Å². The Bertz CT molecular complexity index is 381. The first-order chi connectivity index (χ1) is 7.60. The molecule has 4 nitrogen and oxygen atoms in total. The van der Waals surface area contributed by atoms with Crippen LogP contribution < -0.4 is 0 Å².